The van der Waals surface area contributed by atoms with Gasteiger partial charge in [-0.25, -0.2) is 4.98 Å². The molecule has 1 heterocycles. The molecule has 3 N–H and O–H groups in total. The number of primary amides is 1. The van der Waals surface area contributed by atoms with Crippen LogP contribution in [0.15, 0.2) is 18.2 Å². The highest BCUT2D eigenvalue weighted by Crippen LogP contribution is 2.31. The predicted octanol–water partition coefficient (Wildman–Crippen LogP) is 2.54. The minimum atomic E-state index is -0.586. The predicted molar refractivity (Wildman–Crippen MR) is 99.0 cm³/mol. The highest BCUT2D eigenvalue weighted by atomic mass is 32.1. The summed E-state index contributed by atoms with van der Waals surface area (Å²) < 4.78 is 10.5. The van der Waals surface area contributed by atoms with Gasteiger partial charge in [0.25, 0.3) is 11.8 Å². The largest absolute Gasteiger partial charge is 0.493 e. The number of carbonyl (C=O) groups excluding carboxylic acids is 2. The number of nitrogens with one attached hydrogen (secondary N) is 1. The van der Waals surface area contributed by atoms with Crippen LogP contribution in [0, 0.1) is 0 Å². The summed E-state index contributed by atoms with van der Waals surface area (Å²) >= 11 is 1.55. The second-order valence-corrected chi connectivity index (χ2v) is 7.11. The Morgan fingerprint density at radius 2 is 2.04 bits per heavy atom. The van der Waals surface area contributed by atoms with E-state index in [-0.39, 0.29) is 12.5 Å². The number of hydrogen-bond acceptors (Lipinski definition) is 6. The molecule has 1 aliphatic rings. The van der Waals surface area contributed by atoms with Crippen LogP contribution in [0.3, 0.4) is 0 Å². The van der Waals surface area contributed by atoms with E-state index in [1.54, 1.807) is 29.5 Å². The lowest BCUT2D eigenvalue weighted by molar-refractivity contribution is -0.119. The molecule has 3 rings (SSSR count). The Kier molecular flexibility index (Phi) is 5.72. The molecule has 1 aliphatic carbocycles. The van der Waals surface area contributed by atoms with Gasteiger partial charge in [-0.05, 0) is 43.9 Å². The Labute approximate surface area is 155 Å². The van der Waals surface area contributed by atoms with Crippen molar-refractivity contribution in [1.82, 2.24) is 4.98 Å². The van der Waals surface area contributed by atoms with Crippen LogP contribution >= 0.6 is 11.3 Å². The Bertz CT molecular complexity index is 795. The van der Waals surface area contributed by atoms with Gasteiger partial charge in [0.05, 0.1) is 12.8 Å². The Morgan fingerprint density at radius 1 is 1.23 bits per heavy atom. The maximum atomic E-state index is 12.5. The number of ether oxygens (including phenoxy) is 2. The minimum absolute atomic E-state index is 0.257. The quantitative estimate of drug-likeness (QED) is 0.755. The van der Waals surface area contributed by atoms with Crippen molar-refractivity contribution in [1.29, 1.82) is 0 Å². The number of fused-ring (bicyclic) bond motifs is 1. The molecule has 8 heteroatoms. The number of methoxy groups -OCH3 is 1. The zero-order chi connectivity index (χ0) is 18.5. The van der Waals surface area contributed by atoms with Crippen LogP contribution < -0.4 is 20.5 Å². The van der Waals surface area contributed by atoms with Crippen LogP contribution in [-0.2, 0) is 17.6 Å². The number of nitrogens with two attached hydrogens (primary N) is 1. The van der Waals surface area contributed by atoms with Gasteiger partial charge in [0.1, 0.15) is 0 Å². The molecule has 0 fully saturated rings. The van der Waals surface area contributed by atoms with E-state index in [9.17, 15) is 9.59 Å². The molecule has 0 atom stereocenters. The summed E-state index contributed by atoms with van der Waals surface area (Å²) in [4.78, 5) is 29.2. The molecule has 0 aliphatic heterocycles. The molecule has 0 radical (unpaired) electrons. The van der Waals surface area contributed by atoms with Gasteiger partial charge in [-0.1, -0.05) is 6.42 Å². The highest BCUT2D eigenvalue weighted by Gasteiger charge is 2.17. The molecule has 1 aromatic heterocycles. The third-order valence-corrected chi connectivity index (χ3v) is 5.18. The lowest BCUT2D eigenvalue weighted by Gasteiger charge is -2.11. The number of rotatable bonds is 6. The number of thiazole rings is 1. The second-order valence-electron chi connectivity index (χ2n) is 6.02. The first-order valence-corrected chi connectivity index (χ1v) is 9.27. The van der Waals surface area contributed by atoms with Crippen LogP contribution in [0.2, 0.25) is 0 Å². The molecular weight excluding hydrogens is 354 g/mol. The second kappa shape index (κ2) is 8.18. The smallest absolute Gasteiger partial charge is 0.257 e. The van der Waals surface area contributed by atoms with Crippen molar-refractivity contribution in [3.8, 4) is 11.5 Å². The molecular formula is C18H21N3O4S. The topological polar surface area (TPSA) is 104 Å². The van der Waals surface area contributed by atoms with Crippen LogP contribution in [-0.4, -0.2) is 30.5 Å². The van der Waals surface area contributed by atoms with Crippen molar-refractivity contribution in [2.75, 3.05) is 19.0 Å². The van der Waals surface area contributed by atoms with Crippen molar-refractivity contribution < 1.29 is 19.1 Å². The van der Waals surface area contributed by atoms with E-state index in [0.29, 0.717) is 22.2 Å². The van der Waals surface area contributed by atoms with E-state index in [0.717, 1.165) is 25.0 Å². The number of aromatic nitrogens is 1. The van der Waals surface area contributed by atoms with Gasteiger partial charge in [0.15, 0.2) is 23.2 Å². The summed E-state index contributed by atoms with van der Waals surface area (Å²) in [5.74, 6) is -0.149. The average molecular weight is 375 g/mol. The lowest BCUT2D eigenvalue weighted by Crippen LogP contribution is -2.20. The molecule has 138 valence electrons. The van der Waals surface area contributed by atoms with Gasteiger partial charge in [-0.2, -0.15) is 0 Å². The van der Waals surface area contributed by atoms with Crippen molar-refractivity contribution >= 4 is 28.3 Å². The minimum Gasteiger partial charge on any atom is -0.493 e. The van der Waals surface area contributed by atoms with Gasteiger partial charge < -0.3 is 15.2 Å². The van der Waals surface area contributed by atoms with E-state index in [4.69, 9.17) is 15.2 Å². The fourth-order valence-corrected chi connectivity index (χ4v) is 3.87. The van der Waals surface area contributed by atoms with Crippen molar-refractivity contribution in [3.63, 3.8) is 0 Å². The van der Waals surface area contributed by atoms with E-state index >= 15 is 0 Å². The first kappa shape index (κ1) is 18.2. The first-order valence-electron chi connectivity index (χ1n) is 8.46. The summed E-state index contributed by atoms with van der Waals surface area (Å²) in [5.41, 5.74) is 6.59. The molecule has 0 spiro atoms. The maximum absolute atomic E-state index is 12.5. The summed E-state index contributed by atoms with van der Waals surface area (Å²) in [6, 6.07) is 4.74. The zero-order valence-corrected chi connectivity index (χ0v) is 15.4. The fraction of sp³-hybridized carbons (Fsp3) is 0.389. The number of anilines is 1. The fourth-order valence-electron chi connectivity index (χ4n) is 2.83. The molecule has 0 unspecified atom stereocenters. The molecule has 2 amide bonds. The standard InChI is InChI=1S/C18H21N3O4S/c1-24-14-9-11(7-8-13(14)25-10-16(19)22)17(23)21-18-20-12-5-3-2-4-6-15(12)26-18/h7-9H,2-6,10H2,1H3,(H2,19,22)(H,20,21,23). The van der Waals surface area contributed by atoms with Crippen LogP contribution in [0.5, 0.6) is 11.5 Å². The molecule has 1 aromatic carbocycles. The van der Waals surface area contributed by atoms with Gasteiger partial charge in [0, 0.05) is 10.4 Å². The third kappa shape index (κ3) is 4.32. The number of carbonyl (C=O) groups is 2. The molecule has 2 aromatic rings. The number of hydrogen-bond donors (Lipinski definition) is 2. The third-order valence-electron chi connectivity index (χ3n) is 4.11. The van der Waals surface area contributed by atoms with Gasteiger partial charge in [0.2, 0.25) is 0 Å². The summed E-state index contributed by atoms with van der Waals surface area (Å²) in [6.45, 7) is -0.257. The average Bonchev–Trinajstić information content (AvgIpc) is 2.87. The number of nitrogens with zero attached hydrogens (tertiary/aromatic N) is 1. The molecule has 0 saturated carbocycles. The Hall–Kier alpha value is -2.61. The normalized spacial score (nSPS) is 13.4. The SMILES string of the molecule is COc1cc(C(=O)Nc2nc3c(s2)CCCCC3)ccc1OCC(N)=O. The van der Waals surface area contributed by atoms with Crippen molar-refractivity contribution in [2.24, 2.45) is 5.73 Å². The zero-order valence-electron chi connectivity index (χ0n) is 14.5. The summed E-state index contributed by atoms with van der Waals surface area (Å²) in [6.07, 6.45) is 5.55. The van der Waals surface area contributed by atoms with Gasteiger partial charge in [-0.15, -0.1) is 11.3 Å². The van der Waals surface area contributed by atoms with Gasteiger partial charge >= 0.3 is 0 Å². The van der Waals surface area contributed by atoms with E-state index < -0.39 is 5.91 Å². The Morgan fingerprint density at radius 3 is 2.81 bits per heavy atom. The van der Waals surface area contributed by atoms with Crippen LogP contribution in [0.4, 0.5) is 5.13 Å². The van der Waals surface area contributed by atoms with Crippen LogP contribution in [0.25, 0.3) is 0 Å². The lowest BCUT2D eigenvalue weighted by atomic mass is 10.2. The van der Waals surface area contributed by atoms with Crippen molar-refractivity contribution in [2.45, 2.75) is 32.1 Å². The maximum Gasteiger partial charge on any atom is 0.257 e. The number of benzene rings is 1. The first-order chi connectivity index (χ1) is 12.6. The molecule has 7 nitrogen and oxygen atoms in total. The summed E-state index contributed by atoms with van der Waals surface area (Å²) in [5, 5.41) is 3.48. The monoisotopic (exact) mass is 375 g/mol. The van der Waals surface area contributed by atoms with Gasteiger partial charge in [-0.3, -0.25) is 14.9 Å². The van der Waals surface area contributed by atoms with Crippen LogP contribution in [0.1, 0.15) is 40.2 Å². The molecule has 0 saturated heterocycles. The number of aryl methyl sites for hydroxylation is 2. The molecule has 0 bridgehead atoms. The van der Waals surface area contributed by atoms with E-state index in [1.165, 1.54) is 24.8 Å². The Balaban J connectivity index is 1.72. The molecule has 26 heavy (non-hydrogen) atoms. The van der Waals surface area contributed by atoms with E-state index in [2.05, 4.69) is 10.3 Å². The highest BCUT2D eigenvalue weighted by molar-refractivity contribution is 7.15. The number of amides is 2. The summed E-state index contributed by atoms with van der Waals surface area (Å²) in [7, 11) is 1.46. The van der Waals surface area contributed by atoms with E-state index in [1.807, 2.05) is 0 Å². The van der Waals surface area contributed by atoms with Crippen molar-refractivity contribution in [3.05, 3.63) is 34.3 Å².